The fourth-order valence-corrected chi connectivity index (χ4v) is 6.06. The highest BCUT2D eigenvalue weighted by molar-refractivity contribution is 5.83. The number of benzene rings is 1. The minimum atomic E-state index is -0.428. The minimum absolute atomic E-state index is 0.0355. The highest BCUT2D eigenvalue weighted by Crippen LogP contribution is 2.48. The first-order valence-electron chi connectivity index (χ1n) is 11.6. The van der Waals surface area contributed by atoms with Crippen molar-refractivity contribution < 1.29 is 9.90 Å². The topological polar surface area (TPSA) is 74.6 Å². The molecule has 5 rings (SSSR count). The number of aliphatic hydroxyl groups excluding tert-OH is 1. The van der Waals surface area contributed by atoms with Crippen molar-refractivity contribution in [1.82, 2.24) is 14.8 Å². The van der Waals surface area contributed by atoms with Gasteiger partial charge in [0, 0.05) is 36.2 Å². The zero-order valence-electron chi connectivity index (χ0n) is 18.7. The molecule has 0 unspecified atom stereocenters. The summed E-state index contributed by atoms with van der Waals surface area (Å²) in [6, 6.07) is 13.3. The van der Waals surface area contributed by atoms with Gasteiger partial charge < -0.3 is 15.0 Å². The van der Waals surface area contributed by atoms with Gasteiger partial charge in [0.1, 0.15) is 0 Å². The number of nitrogens with zero attached hydrogens (tertiary/aromatic N) is 2. The largest absolute Gasteiger partial charge is 0.396 e. The van der Waals surface area contributed by atoms with Crippen molar-refractivity contribution >= 4 is 11.5 Å². The average molecular weight is 434 g/mol. The lowest BCUT2D eigenvalue weighted by Gasteiger charge is -2.28. The van der Waals surface area contributed by atoms with Gasteiger partial charge in [-0.05, 0) is 56.5 Å². The Balaban J connectivity index is 1.41. The summed E-state index contributed by atoms with van der Waals surface area (Å²) in [4.78, 5) is 28.6. The molecule has 2 N–H and O–H groups in total. The first-order chi connectivity index (χ1) is 15.5. The van der Waals surface area contributed by atoms with Crippen LogP contribution < -0.4 is 10.9 Å². The van der Waals surface area contributed by atoms with E-state index in [2.05, 4.69) is 22.4 Å². The van der Waals surface area contributed by atoms with Gasteiger partial charge in [-0.3, -0.25) is 14.5 Å². The summed E-state index contributed by atoms with van der Waals surface area (Å²) in [6.07, 6.45) is 5.28. The second-order valence-corrected chi connectivity index (χ2v) is 9.42. The monoisotopic (exact) mass is 433 g/mol. The predicted octanol–water partition coefficient (Wildman–Crippen LogP) is 2.89. The van der Waals surface area contributed by atoms with Crippen molar-refractivity contribution in [2.45, 2.75) is 50.9 Å². The maximum absolute atomic E-state index is 13.3. The van der Waals surface area contributed by atoms with Crippen LogP contribution >= 0.6 is 0 Å². The van der Waals surface area contributed by atoms with Crippen LogP contribution in [0.4, 0.5) is 0 Å². The van der Waals surface area contributed by atoms with Crippen LogP contribution in [0.15, 0.2) is 53.3 Å². The van der Waals surface area contributed by atoms with Crippen molar-refractivity contribution in [3.8, 4) is 0 Å². The summed E-state index contributed by atoms with van der Waals surface area (Å²) in [5.74, 6) is -0.256. The molecule has 0 saturated carbocycles. The minimum Gasteiger partial charge on any atom is -0.396 e. The number of carbonyl (C=O) groups excluding carboxylic acids is 1. The summed E-state index contributed by atoms with van der Waals surface area (Å²) in [5, 5.41) is 13.4. The van der Waals surface area contributed by atoms with Crippen molar-refractivity contribution in [1.29, 1.82) is 0 Å². The molecule has 1 aromatic carbocycles. The Labute approximate surface area is 188 Å². The molecule has 2 aromatic rings. The molecular formula is C26H31N3O3. The Bertz CT molecular complexity index is 1110. The van der Waals surface area contributed by atoms with Gasteiger partial charge in [0.2, 0.25) is 5.91 Å². The molecule has 5 atom stereocenters. The normalized spacial score (nSPS) is 27.7. The van der Waals surface area contributed by atoms with Gasteiger partial charge in [-0.1, -0.05) is 36.4 Å². The van der Waals surface area contributed by atoms with E-state index >= 15 is 0 Å². The molecule has 2 aliphatic heterocycles. The molecule has 6 heteroatoms. The molecule has 32 heavy (non-hydrogen) atoms. The number of likely N-dealkylation sites (tertiary alicyclic amines) is 1. The molecule has 1 aliphatic carbocycles. The van der Waals surface area contributed by atoms with E-state index in [-0.39, 0.29) is 42.0 Å². The van der Waals surface area contributed by atoms with Crippen LogP contribution in [0, 0.1) is 11.8 Å². The van der Waals surface area contributed by atoms with E-state index in [1.165, 1.54) is 0 Å². The van der Waals surface area contributed by atoms with E-state index < -0.39 is 6.04 Å². The smallest absolute Gasteiger partial charge is 0.258 e. The Kier molecular flexibility index (Phi) is 5.51. The highest BCUT2D eigenvalue weighted by Gasteiger charge is 2.54. The van der Waals surface area contributed by atoms with E-state index in [9.17, 15) is 14.7 Å². The number of carbonyl (C=O) groups is 1. The molecule has 0 bridgehead atoms. The molecule has 168 valence electrons. The number of hydrogen-bond donors (Lipinski definition) is 2. The maximum Gasteiger partial charge on any atom is 0.258 e. The molecular weight excluding hydrogens is 402 g/mol. The number of aliphatic hydroxyl groups is 1. The van der Waals surface area contributed by atoms with Crippen molar-refractivity contribution in [3.63, 3.8) is 0 Å². The van der Waals surface area contributed by atoms with Crippen LogP contribution in [0.5, 0.6) is 0 Å². The van der Waals surface area contributed by atoms with Crippen LogP contribution in [0.3, 0.4) is 0 Å². The zero-order chi connectivity index (χ0) is 22.4. The van der Waals surface area contributed by atoms with Gasteiger partial charge in [-0.2, -0.15) is 0 Å². The predicted molar refractivity (Wildman–Crippen MR) is 124 cm³/mol. The number of likely N-dealkylation sites (N-methyl/N-ethyl adjacent to an activating group) is 1. The second kappa shape index (κ2) is 8.34. The lowest BCUT2D eigenvalue weighted by Crippen LogP contribution is -2.47. The van der Waals surface area contributed by atoms with Crippen LogP contribution in [-0.2, 0) is 11.3 Å². The number of amides is 1. The number of nitrogens with one attached hydrogen (secondary N) is 1. The lowest BCUT2D eigenvalue weighted by atomic mass is 9.88. The Morgan fingerprint density at radius 2 is 2.00 bits per heavy atom. The maximum atomic E-state index is 13.3. The summed E-state index contributed by atoms with van der Waals surface area (Å²) >= 11 is 0. The summed E-state index contributed by atoms with van der Waals surface area (Å²) < 4.78 is 1.88. The number of hydrogen-bond acceptors (Lipinski definition) is 4. The first kappa shape index (κ1) is 21.2. The molecule has 6 nitrogen and oxygen atoms in total. The van der Waals surface area contributed by atoms with Gasteiger partial charge in [0.15, 0.2) is 0 Å². The zero-order valence-corrected chi connectivity index (χ0v) is 18.7. The van der Waals surface area contributed by atoms with Crippen LogP contribution in [0.1, 0.15) is 55.1 Å². The third-order valence-electron chi connectivity index (χ3n) is 7.67. The molecule has 1 fully saturated rings. The second-order valence-electron chi connectivity index (χ2n) is 9.42. The number of pyridine rings is 1. The van der Waals surface area contributed by atoms with E-state index in [0.717, 1.165) is 41.7 Å². The molecule has 0 spiro atoms. The van der Waals surface area contributed by atoms with Gasteiger partial charge in [-0.15, -0.1) is 0 Å². The highest BCUT2D eigenvalue weighted by atomic mass is 16.3. The van der Waals surface area contributed by atoms with E-state index in [4.69, 9.17) is 0 Å². The number of fused-ring (bicyclic) bond motifs is 3. The fraction of sp³-hybridized carbons (Fsp3) is 0.462. The van der Waals surface area contributed by atoms with Gasteiger partial charge in [-0.25, -0.2) is 0 Å². The van der Waals surface area contributed by atoms with Crippen LogP contribution in [0.25, 0.3) is 5.57 Å². The van der Waals surface area contributed by atoms with Gasteiger partial charge >= 0.3 is 0 Å². The average Bonchev–Trinajstić information content (AvgIpc) is 3.51. The van der Waals surface area contributed by atoms with E-state index in [1.807, 2.05) is 54.9 Å². The quantitative estimate of drug-likeness (QED) is 0.761. The van der Waals surface area contributed by atoms with E-state index in [0.29, 0.717) is 6.54 Å². The Hall–Kier alpha value is -2.70. The molecule has 3 aliphatic rings. The lowest BCUT2D eigenvalue weighted by molar-refractivity contribution is -0.127. The number of aromatic nitrogens is 1. The number of allylic oxidation sites excluding steroid dienone is 2. The van der Waals surface area contributed by atoms with Crippen molar-refractivity contribution in [2.75, 3.05) is 13.7 Å². The van der Waals surface area contributed by atoms with Crippen LogP contribution in [0.2, 0.25) is 0 Å². The van der Waals surface area contributed by atoms with Crippen molar-refractivity contribution in [3.05, 3.63) is 75.7 Å². The fourth-order valence-electron chi connectivity index (χ4n) is 6.06. The summed E-state index contributed by atoms with van der Waals surface area (Å²) in [7, 11) is 1.94. The van der Waals surface area contributed by atoms with Gasteiger partial charge in [0.05, 0.1) is 18.1 Å². The SMILES string of the molecule is C[C@H](NC(=O)[C@@H]1[C@@H](CO)[C@@H]2Cn3c(ccc(C4=CCCC4)c3=O)[C@@H]2N1C)c1ccccc1. The third-order valence-corrected chi connectivity index (χ3v) is 7.67. The Morgan fingerprint density at radius 3 is 2.69 bits per heavy atom. The Morgan fingerprint density at radius 1 is 1.22 bits per heavy atom. The number of rotatable bonds is 5. The van der Waals surface area contributed by atoms with E-state index in [1.54, 1.807) is 0 Å². The standard InChI is InChI=1S/C26H31N3O3/c1-16(17-8-4-3-5-9-17)27-25(31)24-21(15-30)20-14-29-22(23(20)28(24)2)13-12-19(26(29)32)18-10-6-7-11-18/h3-5,8-10,12-13,16,20-21,23-24,30H,6-7,11,14-15H2,1-2H3,(H,27,31)/t16-,20-,21-,23+,24-/m0/s1. The van der Waals surface area contributed by atoms with Gasteiger partial charge in [0.25, 0.3) is 5.56 Å². The molecule has 1 amide bonds. The third kappa shape index (κ3) is 3.33. The summed E-state index contributed by atoms with van der Waals surface area (Å²) in [5.41, 5.74) is 4.03. The molecule has 3 heterocycles. The van der Waals surface area contributed by atoms with Crippen LogP contribution in [-0.4, -0.2) is 40.2 Å². The molecule has 1 saturated heterocycles. The first-order valence-corrected chi connectivity index (χ1v) is 11.6. The molecule has 0 radical (unpaired) electrons. The van der Waals surface area contributed by atoms with Crippen molar-refractivity contribution in [2.24, 2.45) is 11.8 Å². The summed E-state index contributed by atoms with van der Waals surface area (Å²) in [6.45, 7) is 2.45. The molecule has 1 aromatic heterocycles.